The molecule has 0 unspecified atom stereocenters. The van der Waals surface area contributed by atoms with Gasteiger partial charge in [0.05, 0.1) is 29.3 Å². The zero-order valence-corrected chi connectivity index (χ0v) is 19.9. The summed E-state index contributed by atoms with van der Waals surface area (Å²) < 4.78 is 11.7. The Morgan fingerprint density at radius 2 is 1.79 bits per heavy atom. The van der Waals surface area contributed by atoms with E-state index in [4.69, 9.17) is 9.47 Å². The van der Waals surface area contributed by atoms with Crippen molar-refractivity contribution in [2.45, 2.75) is 59.2 Å². The van der Waals surface area contributed by atoms with E-state index in [1.54, 1.807) is 41.5 Å². The van der Waals surface area contributed by atoms with Crippen LogP contribution in [0.25, 0.3) is 0 Å². The zero-order chi connectivity index (χ0) is 25.4. The molecule has 1 aromatic carbocycles. The number of benzene rings is 1. The summed E-state index contributed by atoms with van der Waals surface area (Å²) in [5.41, 5.74) is -0.893. The number of hydrogen-bond acceptors (Lipinski definition) is 8. The number of nitrogens with one attached hydrogen (secondary N) is 1. The van der Waals surface area contributed by atoms with Crippen LogP contribution in [0.2, 0.25) is 0 Å². The highest BCUT2D eigenvalue weighted by atomic mass is 16.6. The largest absolute Gasteiger partial charge is 0.448 e. The first-order valence-electron chi connectivity index (χ1n) is 10.6. The number of nitro benzene ring substituents is 1. The number of nitrogens with zero attached hydrogens (tertiary/aromatic N) is 4. The number of amides is 2. The number of non-ortho nitro benzene ring substituents is 1. The first-order chi connectivity index (χ1) is 15.8. The third-order valence-electron chi connectivity index (χ3n) is 5.18. The molecule has 1 aliphatic heterocycles. The molecule has 1 aliphatic rings. The number of aromatic nitrogens is 2. The Bertz CT molecular complexity index is 1150. The van der Waals surface area contributed by atoms with E-state index in [1.165, 1.54) is 29.2 Å². The van der Waals surface area contributed by atoms with Crippen molar-refractivity contribution in [2.75, 3.05) is 11.9 Å². The van der Waals surface area contributed by atoms with Gasteiger partial charge in [0.15, 0.2) is 5.82 Å². The summed E-state index contributed by atoms with van der Waals surface area (Å²) in [6, 6.07) is 5.05. The number of carbonyl (C=O) groups is 3. The summed E-state index contributed by atoms with van der Waals surface area (Å²) in [6.07, 6.45) is -1.34. The molecule has 182 valence electrons. The van der Waals surface area contributed by atoms with E-state index in [0.29, 0.717) is 11.3 Å². The average molecular weight is 473 g/mol. The van der Waals surface area contributed by atoms with Crippen LogP contribution >= 0.6 is 0 Å². The highest BCUT2D eigenvalue weighted by molar-refractivity contribution is 6.04. The maximum absolute atomic E-state index is 12.9. The fourth-order valence-electron chi connectivity index (χ4n) is 3.65. The lowest BCUT2D eigenvalue weighted by Crippen LogP contribution is -2.44. The molecule has 0 aliphatic carbocycles. The molecule has 0 saturated carbocycles. The van der Waals surface area contributed by atoms with E-state index in [-0.39, 0.29) is 30.2 Å². The van der Waals surface area contributed by atoms with Gasteiger partial charge in [-0.2, -0.15) is 4.68 Å². The minimum Gasteiger partial charge on any atom is -0.448 e. The Morgan fingerprint density at radius 3 is 2.32 bits per heavy atom. The molecule has 0 radical (unpaired) electrons. The average Bonchev–Trinajstić information content (AvgIpc) is 3.22. The van der Waals surface area contributed by atoms with Gasteiger partial charge in [0.25, 0.3) is 11.6 Å². The summed E-state index contributed by atoms with van der Waals surface area (Å²) in [4.78, 5) is 50.1. The fourth-order valence-corrected chi connectivity index (χ4v) is 3.65. The number of carbonyl (C=O) groups excluding carboxylic acids is 3. The van der Waals surface area contributed by atoms with Gasteiger partial charge in [-0.25, -0.2) is 9.59 Å². The van der Waals surface area contributed by atoms with Crippen LogP contribution in [0, 0.1) is 10.1 Å². The summed E-state index contributed by atoms with van der Waals surface area (Å²) in [6.45, 7) is 10.5. The van der Waals surface area contributed by atoms with Crippen molar-refractivity contribution in [1.82, 2.24) is 14.7 Å². The molecule has 1 aromatic heterocycles. The van der Waals surface area contributed by atoms with Gasteiger partial charge in [-0.05, 0) is 53.7 Å². The van der Waals surface area contributed by atoms with Crippen LogP contribution in [-0.2, 0) is 21.6 Å². The van der Waals surface area contributed by atoms with Crippen LogP contribution in [0.15, 0.2) is 24.3 Å². The number of nitro groups is 1. The summed E-state index contributed by atoms with van der Waals surface area (Å²) in [5, 5.41) is 17.8. The highest BCUT2D eigenvalue weighted by Gasteiger charge is 2.48. The third kappa shape index (κ3) is 4.70. The SMILES string of the molecule is CCOC(=O)n1nc(NC(=O)c2ccc([N+](=O)[O-])cc2)c2c1C(C)(C)N(C(=O)OC(C)(C)C)C2. The lowest BCUT2D eigenvalue weighted by molar-refractivity contribution is -0.384. The molecule has 0 fully saturated rings. The standard InChI is InChI=1S/C22H27N5O7/c1-7-33-20(30)26-16-15(12-25(22(16,5)6)19(29)34-21(2,3)4)17(24-26)23-18(28)13-8-10-14(11-9-13)27(31)32/h8-11H,7,12H2,1-6H3,(H,23,24,28). The smallest absolute Gasteiger partial charge is 0.435 e. The van der Waals surface area contributed by atoms with Gasteiger partial charge < -0.3 is 14.8 Å². The van der Waals surface area contributed by atoms with Gasteiger partial charge in [0, 0.05) is 23.3 Å². The van der Waals surface area contributed by atoms with E-state index in [0.717, 1.165) is 4.68 Å². The monoisotopic (exact) mass is 473 g/mol. The van der Waals surface area contributed by atoms with Gasteiger partial charge in [-0.3, -0.25) is 19.8 Å². The van der Waals surface area contributed by atoms with Crippen molar-refractivity contribution >= 4 is 29.6 Å². The van der Waals surface area contributed by atoms with Gasteiger partial charge in [0.1, 0.15) is 5.60 Å². The normalized spacial score (nSPS) is 14.4. The Balaban J connectivity index is 1.99. The molecule has 2 amide bonds. The molecule has 0 atom stereocenters. The second kappa shape index (κ2) is 8.76. The Labute approximate surface area is 196 Å². The van der Waals surface area contributed by atoms with E-state index >= 15 is 0 Å². The van der Waals surface area contributed by atoms with Crippen molar-refractivity contribution < 1.29 is 28.8 Å². The maximum Gasteiger partial charge on any atom is 0.435 e. The first-order valence-corrected chi connectivity index (χ1v) is 10.6. The van der Waals surface area contributed by atoms with Crippen LogP contribution in [-0.4, -0.2) is 49.9 Å². The molecule has 0 saturated heterocycles. The number of rotatable bonds is 4. The Morgan fingerprint density at radius 1 is 1.18 bits per heavy atom. The third-order valence-corrected chi connectivity index (χ3v) is 5.18. The van der Waals surface area contributed by atoms with Crippen molar-refractivity contribution in [2.24, 2.45) is 0 Å². The summed E-state index contributed by atoms with van der Waals surface area (Å²) in [5.74, 6) is -0.509. The van der Waals surface area contributed by atoms with Crippen LogP contribution in [0.1, 0.15) is 63.2 Å². The molecule has 3 rings (SSSR count). The zero-order valence-electron chi connectivity index (χ0n) is 19.9. The maximum atomic E-state index is 12.9. The second-order valence-corrected chi connectivity index (χ2v) is 9.17. The number of ether oxygens (including phenoxy) is 2. The molecule has 12 heteroatoms. The van der Waals surface area contributed by atoms with Crippen LogP contribution in [0.5, 0.6) is 0 Å². The topological polar surface area (TPSA) is 146 Å². The van der Waals surface area contributed by atoms with Crippen LogP contribution < -0.4 is 5.32 Å². The lowest BCUT2D eigenvalue weighted by Gasteiger charge is -2.34. The first kappa shape index (κ1) is 24.7. The van der Waals surface area contributed by atoms with Crippen LogP contribution in [0.4, 0.5) is 21.1 Å². The molecule has 2 heterocycles. The quantitative estimate of drug-likeness (QED) is 0.517. The summed E-state index contributed by atoms with van der Waals surface area (Å²) >= 11 is 0. The Hall–Kier alpha value is -3.96. The number of anilines is 1. The molecule has 0 bridgehead atoms. The van der Waals surface area contributed by atoms with E-state index in [9.17, 15) is 24.5 Å². The predicted octanol–water partition coefficient (Wildman–Crippen LogP) is 4.03. The molecule has 34 heavy (non-hydrogen) atoms. The summed E-state index contributed by atoms with van der Waals surface area (Å²) in [7, 11) is 0. The molecular formula is C22H27N5O7. The molecule has 12 nitrogen and oxygen atoms in total. The minimum absolute atomic E-state index is 0.0343. The lowest BCUT2D eigenvalue weighted by atomic mass is 10.0. The van der Waals surface area contributed by atoms with Crippen molar-refractivity contribution in [3.8, 4) is 0 Å². The molecule has 2 aromatic rings. The highest BCUT2D eigenvalue weighted by Crippen LogP contribution is 2.43. The fraction of sp³-hybridized carbons (Fsp3) is 0.455. The molecule has 0 spiro atoms. The van der Waals surface area contributed by atoms with Gasteiger partial charge in [0.2, 0.25) is 0 Å². The van der Waals surface area contributed by atoms with E-state index < -0.39 is 34.2 Å². The molecular weight excluding hydrogens is 446 g/mol. The minimum atomic E-state index is -1.01. The van der Waals surface area contributed by atoms with E-state index in [2.05, 4.69) is 10.4 Å². The van der Waals surface area contributed by atoms with Crippen LogP contribution in [0.3, 0.4) is 0 Å². The molecule has 1 N–H and O–H groups in total. The van der Waals surface area contributed by atoms with Gasteiger partial charge in [-0.15, -0.1) is 5.10 Å². The number of fused-ring (bicyclic) bond motifs is 1. The van der Waals surface area contributed by atoms with Gasteiger partial charge in [-0.1, -0.05) is 0 Å². The van der Waals surface area contributed by atoms with E-state index in [1.807, 2.05) is 0 Å². The predicted molar refractivity (Wildman–Crippen MR) is 120 cm³/mol. The van der Waals surface area contributed by atoms with Crippen molar-refractivity contribution in [1.29, 1.82) is 0 Å². The van der Waals surface area contributed by atoms with Crippen molar-refractivity contribution in [3.05, 3.63) is 51.2 Å². The van der Waals surface area contributed by atoms with Gasteiger partial charge >= 0.3 is 12.2 Å². The Kier molecular flexibility index (Phi) is 6.36. The number of hydrogen-bond donors (Lipinski definition) is 1. The second-order valence-electron chi connectivity index (χ2n) is 9.17. The van der Waals surface area contributed by atoms with Crippen molar-refractivity contribution in [3.63, 3.8) is 0 Å².